The van der Waals surface area contributed by atoms with Crippen molar-refractivity contribution in [3.05, 3.63) is 76.3 Å². The third kappa shape index (κ3) is 3.38. The summed E-state index contributed by atoms with van der Waals surface area (Å²) in [6, 6.07) is 14.8. The van der Waals surface area contributed by atoms with Gasteiger partial charge in [0.1, 0.15) is 6.10 Å². The van der Waals surface area contributed by atoms with Crippen LogP contribution in [-0.2, 0) is 11.8 Å². The Labute approximate surface area is 162 Å². The van der Waals surface area contributed by atoms with Crippen molar-refractivity contribution < 1.29 is 4.74 Å². The summed E-state index contributed by atoms with van der Waals surface area (Å²) < 4.78 is 7.47. The van der Waals surface area contributed by atoms with E-state index in [4.69, 9.17) is 9.72 Å². The van der Waals surface area contributed by atoms with E-state index in [9.17, 15) is 10.1 Å². The van der Waals surface area contributed by atoms with E-state index in [1.807, 2.05) is 35.2 Å². The first-order valence-corrected chi connectivity index (χ1v) is 9.01. The summed E-state index contributed by atoms with van der Waals surface area (Å²) in [5.41, 5.74) is 2.78. The summed E-state index contributed by atoms with van der Waals surface area (Å²) >= 11 is 0. The van der Waals surface area contributed by atoms with E-state index in [-0.39, 0.29) is 11.7 Å². The predicted molar refractivity (Wildman–Crippen MR) is 105 cm³/mol. The van der Waals surface area contributed by atoms with Gasteiger partial charge in [-0.15, -0.1) is 0 Å². The molecule has 0 spiro atoms. The largest absolute Gasteiger partial charge is 0.370 e. The summed E-state index contributed by atoms with van der Waals surface area (Å²) in [7, 11) is 1.72. The molecule has 4 rings (SSSR count). The van der Waals surface area contributed by atoms with Crippen molar-refractivity contribution in [3.8, 4) is 17.3 Å². The average Bonchev–Trinajstić information content (AvgIpc) is 2.76. The number of anilines is 1. The Hall–Kier alpha value is -3.50. The third-order valence-electron chi connectivity index (χ3n) is 4.86. The van der Waals surface area contributed by atoms with E-state index in [1.165, 1.54) is 6.07 Å². The molecule has 0 amide bonds. The maximum atomic E-state index is 12.5. The lowest BCUT2D eigenvalue weighted by Crippen LogP contribution is -2.42. The van der Waals surface area contributed by atoms with Crippen LogP contribution in [0.2, 0.25) is 0 Å². The number of ether oxygens (including phenoxy) is 1. The standard InChI is InChI=1S/C21H19N5O2/c1-25-20(27)12-18(15-6-8-23-9-7-15)24-21(25)26-10-11-28-19(14-26)17-5-3-2-4-16(17)13-22/h2-9,12,19H,10-11,14H2,1H3/t19-/m0/s1. The molecule has 7 nitrogen and oxygen atoms in total. The van der Waals surface area contributed by atoms with Gasteiger partial charge < -0.3 is 9.64 Å². The number of rotatable bonds is 3. The molecule has 1 aliphatic heterocycles. The highest BCUT2D eigenvalue weighted by Gasteiger charge is 2.26. The number of benzene rings is 1. The van der Waals surface area contributed by atoms with E-state index in [0.29, 0.717) is 36.9 Å². The van der Waals surface area contributed by atoms with Gasteiger partial charge >= 0.3 is 0 Å². The van der Waals surface area contributed by atoms with E-state index in [1.54, 1.807) is 30.1 Å². The molecular weight excluding hydrogens is 354 g/mol. The van der Waals surface area contributed by atoms with Crippen LogP contribution < -0.4 is 10.5 Å². The molecule has 28 heavy (non-hydrogen) atoms. The van der Waals surface area contributed by atoms with Crippen LogP contribution in [0.4, 0.5) is 5.95 Å². The van der Waals surface area contributed by atoms with Crippen LogP contribution in [0, 0.1) is 11.3 Å². The van der Waals surface area contributed by atoms with Crippen LogP contribution in [0.15, 0.2) is 59.7 Å². The Kier molecular flexibility index (Phi) is 4.87. The zero-order valence-corrected chi connectivity index (χ0v) is 15.4. The van der Waals surface area contributed by atoms with Gasteiger partial charge in [-0.25, -0.2) is 4.98 Å². The second-order valence-corrected chi connectivity index (χ2v) is 6.58. The second kappa shape index (κ2) is 7.62. The van der Waals surface area contributed by atoms with Crippen LogP contribution in [0.25, 0.3) is 11.3 Å². The molecule has 0 radical (unpaired) electrons. The van der Waals surface area contributed by atoms with Crippen molar-refractivity contribution in [2.45, 2.75) is 6.10 Å². The van der Waals surface area contributed by atoms with E-state index in [0.717, 1.165) is 11.1 Å². The van der Waals surface area contributed by atoms with Gasteiger partial charge in [-0.3, -0.25) is 14.3 Å². The molecule has 7 heteroatoms. The Bertz CT molecular complexity index is 1090. The van der Waals surface area contributed by atoms with E-state index >= 15 is 0 Å². The molecule has 1 fully saturated rings. The SMILES string of the molecule is Cn1c(N2CCO[C@H](c3ccccc3C#N)C2)nc(-c2ccncc2)cc1=O. The normalized spacial score (nSPS) is 16.6. The Morgan fingerprint density at radius 2 is 2.00 bits per heavy atom. The van der Waals surface area contributed by atoms with Gasteiger partial charge in [-0.05, 0) is 18.2 Å². The number of pyridine rings is 1. The van der Waals surface area contributed by atoms with Gasteiger partial charge in [0.15, 0.2) is 0 Å². The highest BCUT2D eigenvalue weighted by Crippen LogP contribution is 2.27. The number of morpholine rings is 1. The minimum atomic E-state index is -0.258. The molecule has 1 saturated heterocycles. The molecule has 3 heterocycles. The molecule has 0 N–H and O–H groups in total. The molecule has 140 valence electrons. The quantitative estimate of drug-likeness (QED) is 0.700. The monoisotopic (exact) mass is 373 g/mol. The zero-order valence-electron chi connectivity index (χ0n) is 15.4. The Morgan fingerprint density at radius 1 is 1.21 bits per heavy atom. The van der Waals surface area contributed by atoms with Gasteiger partial charge in [-0.1, -0.05) is 18.2 Å². The lowest BCUT2D eigenvalue weighted by molar-refractivity contribution is 0.0388. The lowest BCUT2D eigenvalue weighted by Gasteiger charge is -2.34. The van der Waals surface area contributed by atoms with E-state index < -0.39 is 0 Å². The summed E-state index contributed by atoms with van der Waals surface area (Å²) in [5.74, 6) is 0.585. The molecule has 0 saturated carbocycles. The predicted octanol–water partition coefficient (Wildman–Crippen LogP) is 2.29. The third-order valence-corrected chi connectivity index (χ3v) is 4.86. The van der Waals surface area contributed by atoms with Gasteiger partial charge in [0, 0.05) is 43.2 Å². The fraction of sp³-hybridized carbons (Fsp3) is 0.238. The van der Waals surface area contributed by atoms with Crippen molar-refractivity contribution in [2.75, 3.05) is 24.6 Å². The number of nitrogens with zero attached hydrogens (tertiary/aromatic N) is 5. The average molecular weight is 373 g/mol. The number of hydrogen-bond donors (Lipinski definition) is 0. The molecule has 0 bridgehead atoms. The van der Waals surface area contributed by atoms with Crippen LogP contribution in [0.1, 0.15) is 17.2 Å². The Morgan fingerprint density at radius 3 is 2.79 bits per heavy atom. The summed E-state index contributed by atoms with van der Waals surface area (Å²) in [4.78, 5) is 23.3. The number of hydrogen-bond acceptors (Lipinski definition) is 6. The van der Waals surface area contributed by atoms with Gasteiger partial charge in [0.2, 0.25) is 5.95 Å². The van der Waals surface area contributed by atoms with Crippen LogP contribution in [-0.4, -0.2) is 34.2 Å². The van der Waals surface area contributed by atoms with Crippen LogP contribution >= 0.6 is 0 Å². The molecular formula is C21H19N5O2. The molecule has 1 aromatic carbocycles. The summed E-state index contributed by atoms with van der Waals surface area (Å²) in [6.07, 6.45) is 3.10. The molecule has 0 aliphatic carbocycles. The maximum absolute atomic E-state index is 12.5. The topological polar surface area (TPSA) is 84.0 Å². The van der Waals surface area contributed by atoms with Gasteiger partial charge in [0.25, 0.3) is 5.56 Å². The van der Waals surface area contributed by atoms with E-state index in [2.05, 4.69) is 11.1 Å². The molecule has 2 aromatic heterocycles. The first-order chi connectivity index (χ1) is 13.7. The highest BCUT2D eigenvalue weighted by molar-refractivity contribution is 5.59. The van der Waals surface area contributed by atoms with Gasteiger partial charge in [0.05, 0.1) is 30.5 Å². The van der Waals surface area contributed by atoms with Crippen molar-refractivity contribution in [1.82, 2.24) is 14.5 Å². The summed E-state index contributed by atoms with van der Waals surface area (Å²) in [5, 5.41) is 9.39. The number of nitriles is 1. The molecule has 0 unspecified atom stereocenters. The minimum absolute atomic E-state index is 0.128. The van der Waals surface area contributed by atoms with Crippen molar-refractivity contribution in [3.63, 3.8) is 0 Å². The molecule has 1 atom stereocenters. The van der Waals surface area contributed by atoms with Gasteiger partial charge in [-0.2, -0.15) is 5.26 Å². The highest BCUT2D eigenvalue weighted by atomic mass is 16.5. The van der Waals surface area contributed by atoms with Crippen LogP contribution in [0.5, 0.6) is 0 Å². The van der Waals surface area contributed by atoms with Crippen LogP contribution in [0.3, 0.4) is 0 Å². The van der Waals surface area contributed by atoms with Crippen molar-refractivity contribution in [2.24, 2.45) is 7.05 Å². The molecule has 1 aliphatic rings. The van der Waals surface area contributed by atoms with Crippen molar-refractivity contribution >= 4 is 5.95 Å². The first-order valence-electron chi connectivity index (χ1n) is 9.01. The minimum Gasteiger partial charge on any atom is -0.370 e. The fourth-order valence-corrected chi connectivity index (χ4v) is 3.38. The Balaban J connectivity index is 1.70. The first kappa shape index (κ1) is 17.9. The molecule has 3 aromatic rings. The van der Waals surface area contributed by atoms with Crippen molar-refractivity contribution in [1.29, 1.82) is 5.26 Å². The maximum Gasteiger partial charge on any atom is 0.255 e. The zero-order chi connectivity index (χ0) is 19.5. The second-order valence-electron chi connectivity index (χ2n) is 6.58. The smallest absolute Gasteiger partial charge is 0.255 e. The number of aromatic nitrogens is 3. The lowest BCUT2D eigenvalue weighted by atomic mass is 10.0. The fourth-order valence-electron chi connectivity index (χ4n) is 3.38. The summed E-state index contributed by atoms with van der Waals surface area (Å²) in [6.45, 7) is 1.61.